The molecule has 0 aliphatic rings. The molecule has 1 heterocycles. The average Bonchev–Trinajstić information content (AvgIpc) is 2.62. The first-order chi connectivity index (χ1) is 8.13. The third-order valence-corrected chi connectivity index (χ3v) is 3.61. The number of aromatic nitrogens is 2. The number of hydrogen-bond donors (Lipinski definition) is 1. The number of aryl methyl sites for hydroxylation is 1. The maximum atomic E-state index is 11.1. The molecule has 2 rings (SSSR count). The van der Waals surface area contributed by atoms with E-state index in [1.54, 1.807) is 12.3 Å². The van der Waals surface area contributed by atoms with E-state index >= 15 is 0 Å². The van der Waals surface area contributed by atoms with Crippen LogP contribution in [0.3, 0.4) is 0 Å². The number of nitrogens with one attached hydrogen (secondary N) is 1. The van der Waals surface area contributed by atoms with E-state index in [0.717, 1.165) is 11.0 Å². The molecule has 6 heteroatoms. The molecule has 0 saturated carbocycles. The van der Waals surface area contributed by atoms with Gasteiger partial charge in [0, 0.05) is 29.4 Å². The highest BCUT2D eigenvalue weighted by atomic mass is 32.2. The first kappa shape index (κ1) is 12.0. The number of imidazole rings is 1. The van der Waals surface area contributed by atoms with Crippen LogP contribution in [0, 0.1) is 16.1 Å². The van der Waals surface area contributed by atoms with Crippen molar-refractivity contribution in [1.82, 2.24) is 9.55 Å². The van der Waals surface area contributed by atoms with Gasteiger partial charge in [0.1, 0.15) is 6.07 Å². The molecule has 1 atom stereocenters. The van der Waals surface area contributed by atoms with Gasteiger partial charge in [0.05, 0.1) is 16.6 Å². The largest absolute Gasteiger partial charge is 0.329 e. The average molecular weight is 265 g/mol. The van der Waals surface area contributed by atoms with Crippen LogP contribution in [0.25, 0.3) is 11.0 Å². The second kappa shape index (κ2) is 4.82. The number of para-hydroxylation sites is 1. The number of nitrogens with zero attached hydrogens (tertiary/aromatic N) is 2. The summed E-state index contributed by atoms with van der Waals surface area (Å²) in [4.78, 5) is 3.03. The van der Waals surface area contributed by atoms with E-state index in [1.165, 1.54) is 0 Å². The zero-order valence-electron chi connectivity index (χ0n) is 9.27. The first-order valence-corrected chi connectivity index (χ1v) is 7.18. The Bertz CT molecular complexity index is 678. The van der Waals surface area contributed by atoms with Gasteiger partial charge in [-0.15, -0.1) is 0 Å². The van der Waals surface area contributed by atoms with Crippen molar-refractivity contribution in [1.29, 1.82) is 5.26 Å². The minimum Gasteiger partial charge on any atom is -0.329 e. The van der Waals surface area contributed by atoms with E-state index < -0.39 is 10.8 Å². The highest BCUT2D eigenvalue weighted by molar-refractivity contribution is 7.84. The lowest BCUT2D eigenvalue weighted by Gasteiger charge is -2.02. The summed E-state index contributed by atoms with van der Waals surface area (Å²) in [6.45, 7) is 0.594. The first-order valence-electron chi connectivity index (χ1n) is 5.05. The second-order valence-corrected chi connectivity index (χ2v) is 5.61. The lowest BCUT2D eigenvalue weighted by molar-refractivity contribution is 0.678. The van der Waals surface area contributed by atoms with Crippen molar-refractivity contribution in [3.8, 4) is 6.07 Å². The van der Waals surface area contributed by atoms with Crippen LogP contribution in [0.2, 0.25) is 0 Å². The number of hydrogen-bond acceptors (Lipinski definition) is 3. The number of benzene rings is 1. The molecule has 0 spiro atoms. The number of H-pyrrole nitrogens is 1. The quantitative estimate of drug-likeness (QED) is 0.863. The zero-order valence-corrected chi connectivity index (χ0v) is 10.9. The molecule has 4 nitrogen and oxygen atoms in total. The Kier molecular flexibility index (Phi) is 3.41. The van der Waals surface area contributed by atoms with Crippen LogP contribution in [-0.4, -0.2) is 25.8 Å². The standard InChI is InChI=1S/C11H11N3OS2/c1-17(15)6-5-14-9-4-2-3-8(7-12)10(9)13-11(14)16/h2-4H,5-6H2,1H3,(H,13,16). The molecule has 0 aliphatic carbocycles. The fourth-order valence-corrected chi connectivity index (χ4v) is 2.45. The maximum absolute atomic E-state index is 11.1. The smallest absolute Gasteiger partial charge is 0.178 e. The monoisotopic (exact) mass is 265 g/mol. The summed E-state index contributed by atoms with van der Waals surface area (Å²) in [5.41, 5.74) is 2.21. The maximum Gasteiger partial charge on any atom is 0.178 e. The van der Waals surface area contributed by atoms with E-state index in [2.05, 4.69) is 11.1 Å². The van der Waals surface area contributed by atoms with Crippen molar-refractivity contribution in [2.45, 2.75) is 6.54 Å². The van der Waals surface area contributed by atoms with E-state index in [9.17, 15) is 4.21 Å². The van der Waals surface area contributed by atoms with E-state index in [-0.39, 0.29) is 0 Å². The predicted molar refractivity (Wildman–Crippen MR) is 70.8 cm³/mol. The minimum atomic E-state index is -0.855. The van der Waals surface area contributed by atoms with Gasteiger partial charge in [0.25, 0.3) is 0 Å². The Labute approximate surface area is 106 Å². The molecule has 1 aromatic heterocycles. The Morgan fingerprint density at radius 1 is 1.59 bits per heavy atom. The summed E-state index contributed by atoms with van der Waals surface area (Å²) in [6.07, 6.45) is 1.67. The number of aromatic amines is 1. The minimum absolute atomic E-state index is 0.554. The molecule has 1 N–H and O–H groups in total. The van der Waals surface area contributed by atoms with Crippen LogP contribution in [0.15, 0.2) is 18.2 Å². The van der Waals surface area contributed by atoms with Crippen LogP contribution >= 0.6 is 12.2 Å². The normalized spacial score (nSPS) is 12.5. The lowest BCUT2D eigenvalue weighted by Crippen LogP contribution is -2.06. The summed E-state index contributed by atoms with van der Waals surface area (Å²) >= 11 is 5.21. The third-order valence-electron chi connectivity index (χ3n) is 2.53. The van der Waals surface area contributed by atoms with Crippen molar-refractivity contribution in [2.75, 3.05) is 12.0 Å². The molecule has 0 fully saturated rings. The molecule has 1 unspecified atom stereocenters. The number of rotatable bonds is 3. The van der Waals surface area contributed by atoms with Crippen molar-refractivity contribution >= 4 is 34.1 Å². The van der Waals surface area contributed by atoms with Crippen molar-refractivity contribution in [3.63, 3.8) is 0 Å². The van der Waals surface area contributed by atoms with Crippen molar-refractivity contribution in [3.05, 3.63) is 28.5 Å². The Balaban J connectivity index is 2.57. The molecule has 0 radical (unpaired) electrons. The topological polar surface area (TPSA) is 61.6 Å². The van der Waals surface area contributed by atoms with Gasteiger partial charge >= 0.3 is 0 Å². The fourth-order valence-electron chi connectivity index (χ4n) is 1.72. The predicted octanol–water partition coefficient (Wildman–Crippen LogP) is 1.95. The molecular formula is C11H11N3OS2. The third kappa shape index (κ3) is 2.30. The molecule has 1 aromatic carbocycles. The lowest BCUT2D eigenvalue weighted by atomic mass is 10.2. The van der Waals surface area contributed by atoms with Crippen LogP contribution in [0.1, 0.15) is 5.56 Å². The van der Waals surface area contributed by atoms with Gasteiger partial charge in [0.15, 0.2) is 4.77 Å². The summed E-state index contributed by atoms with van der Waals surface area (Å²) in [6, 6.07) is 7.60. The zero-order chi connectivity index (χ0) is 12.4. The molecule has 0 saturated heterocycles. The van der Waals surface area contributed by atoms with Crippen molar-refractivity contribution in [2.24, 2.45) is 0 Å². The highest BCUT2D eigenvalue weighted by Gasteiger charge is 2.07. The van der Waals surface area contributed by atoms with Crippen LogP contribution in [-0.2, 0) is 17.3 Å². The van der Waals surface area contributed by atoms with Crippen LogP contribution in [0.4, 0.5) is 0 Å². The molecule has 17 heavy (non-hydrogen) atoms. The van der Waals surface area contributed by atoms with Crippen LogP contribution in [0.5, 0.6) is 0 Å². The van der Waals surface area contributed by atoms with E-state index in [4.69, 9.17) is 17.5 Å². The molecule has 2 aromatic rings. The summed E-state index contributed by atoms with van der Waals surface area (Å²) in [5.74, 6) is 0.554. The number of nitriles is 1. The van der Waals surface area contributed by atoms with Crippen LogP contribution < -0.4 is 0 Å². The Morgan fingerprint density at radius 3 is 3.00 bits per heavy atom. The summed E-state index contributed by atoms with van der Waals surface area (Å²) in [5, 5.41) is 8.99. The fraction of sp³-hybridized carbons (Fsp3) is 0.273. The summed E-state index contributed by atoms with van der Waals surface area (Å²) < 4.78 is 13.6. The molecule has 0 aliphatic heterocycles. The van der Waals surface area contributed by atoms with Crippen molar-refractivity contribution < 1.29 is 4.21 Å². The Hall–Kier alpha value is -1.45. The molecular weight excluding hydrogens is 254 g/mol. The second-order valence-electron chi connectivity index (χ2n) is 3.67. The highest BCUT2D eigenvalue weighted by Crippen LogP contribution is 2.17. The number of fused-ring (bicyclic) bond motifs is 1. The molecule has 0 amide bonds. The van der Waals surface area contributed by atoms with Gasteiger partial charge in [-0.25, -0.2) is 0 Å². The molecule has 88 valence electrons. The van der Waals surface area contributed by atoms with Gasteiger partial charge in [-0.05, 0) is 24.4 Å². The molecule has 0 bridgehead atoms. The van der Waals surface area contributed by atoms with Gasteiger partial charge < -0.3 is 9.55 Å². The van der Waals surface area contributed by atoms with Gasteiger partial charge in [-0.3, -0.25) is 4.21 Å². The van der Waals surface area contributed by atoms with E-state index in [1.807, 2.05) is 16.7 Å². The van der Waals surface area contributed by atoms with Gasteiger partial charge in [-0.1, -0.05) is 6.07 Å². The van der Waals surface area contributed by atoms with E-state index in [0.29, 0.717) is 22.6 Å². The SMILES string of the molecule is CS(=O)CCn1c(=S)[nH]c2c(C#N)cccc21. The summed E-state index contributed by atoms with van der Waals surface area (Å²) in [7, 11) is -0.855. The Morgan fingerprint density at radius 2 is 2.35 bits per heavy atom. The van der Waals surface area contributed by atoms with Gasteiger partial charge in [0.2, 0.25) is 0 Å². The van der Waals surface area contributed by atoms with Gasteiger partial charge in [-0.2, -0.15) is 5.26 Å².